The lowest BCUT2D eigenvalue weighted by Crippen LogP contribution is -2.15. The summed E-state index contributed by atoms with van der Waals surface area (Å²) in [5, 5.41) is 0. The van der Waals surface area contributed by atoms with Crippen molar-refractivity contribution in [1.82, 2.24) is 0 Å². The molecule has 28 heavy (non-hydrogen) atoms. The second kappa shape index (κ2) is 10.6. The molecule has 0 saturated carbocycles. The van der Waals surface area contributed by atoms with E-state index in [2.05, 4.69) is 0 Å². The van der Waals surface area contributed by atoms with Crippen molar-refractivity contribution in [3.63, 3.8) is 0 Å². The topological polar surface area (TPSA) is 77.5 Å². The lowest BCUT2D eigenvalue weighted by atomic mass is 10.3. The van der Waals surface area contributed by atoms with Crippen LogP contribution in [0.25, 0.3) is 0 Å². The average molecular weight is 425 g/mol. The van der Waals surface area contributed by atoms with Gasteiger partial charge in [0.25, 0.3) is 0 Å². The van der Waals surface area contributed by atoms with Crippen LogP contribution in [-0.4, -0.2) is 41.3 Å². The highest BCUT2D eigenvalue weighted by Crippen LogP contribution is 2.40. The van der Waals surface area contributed by atoms with Crippen LogP contribution in [0.15, 0.2) is 36.4 Å². The maximum atomic E-state index is 11.6. The van der Waals surface area contributed by atoms with E-state index in [4.69, 9.17) is 18.9 Å². The molecule has 150 valence electrons. The number of rotatable bonds is 11. The van der Waals surface area contributed by atoms with Gasteiger partial charge in [0.2, 0.25) is 12.8 Å². The molecule has 0 aliphatic carbocycles. The number of carbonyl (C=O) groups excluding carboxylic acids is 2. The Morgan fingerprint density at radius 3 is 1.29 bits per heavy atom. The Balaban J connectivity index is 2.17. The zero-order valence-corrected chi connectivity index (χ0v) is 17.4. The zero-order valence-electron chi connectivity index (χ0n) is 15.8. The fourth-order valence-electron chi connectivity index (χ4n) is 2.24. The summed E-state index contributed by atoms with van der Waals surface area (Å²) in [4.78, 5) is 23.1. The number of carbonyl (C=O) groups is 2. The van der Waals surface area contributed by atoms with Crippen molar-refractivity contribution >= 4 is 46.2 Å². The van der Waals surface area contributed by atoms with Crippen LogP contribution in [0.2, 0.25) is 0 Å². The van der Waals surface area contributed by atoms with Crippen LogP contribution in [0.1, 0.15) is 0 Å². The maximum Gasteiger partial charge on any atom is 0.224 e. The molecule has 0 aliphatic heterocycles. The van der Waals surface area contributed by atoms with E-state index in [1.807, 2.05) is 0 Å². The smallest absolute Gasteiger partial charge is 0.224 e. The molecule has 0 radical (unpaired) electrons. The van der Waals surface area contributed by atoms with Crippen LogP contribution in [0.5, 0.6) is 23.0 Å². The number of amides is 2. The molecule has 8 nitrogen and oxygen atoms in total. The number of hydrogen-bond acceptors (Lipinski definition) is 8. The normalized spacial score (nSPS) is 10.0. The number of ether oxygens (including phenoxy) is 4. The number of nitrogens with zero attached hydrogens (tertiary/aromatic N) is 2. The summed E-state index contributed by atoms with van der Waals surface area (Å²) in [6.07, 6.45) is 1.30. The van der Waals surface area contributed by atoms with Gasteiger partial charge in [-0.05, 0) is 24.3 Å². The fourth-order valence-corrected chi connectivity index (χ4v) is 4.01. The second-order valence-corrected chi connectivity index (χ2v) is 7.07. The van der Waals surface area contributed by atoms with Crippen LogP contribution >= 0.6 is 22.0 Å². The Hall–Kier alpha value is -2.72. The van der Waals surface area contributed by atoms with Gasteiger partial charge in [-0.25, -0.2) is 8.61 Å². The van der Waals surface area contributed by atoms with Crippen LogP contribution in [0.4, 0.5) is 11.4 Å². The van der Waals surface area contributed by atoms with E-state index in [0.29, 0.717) is 47.2 Å². The molecule has 0 unspecified atom stereocenters. The Morgan fingerprint density at radius 2 is 1.00 bits per heavy atom. The van der Waals surface area contributed by atoms with Crippen molar-refractivity contribution in [3.8, 4) is 23.0 Å². The Kier molecular flexibility index (Phi) is 8.15. The molecule has 2 aromatic rings. The van der Waals surface area contributed by atoms with Gasteiger partial charge >= 0.3 is 0 Å². The monoisotopic (exact) mass is 424 g/mol. The maximum absolute atomic E-state index is 11.6. The second-order valence-electron chi connectivity index (χ2n) is 5.09. The van der Waals surface area contributed by atoms with E-state index in [-0.39, 0.29) is 0 Å². The first-order valence-corrected chi connectivity index (χ1v) is 9.96. The van der Waals surface area contributed by atoms with Gasteiger partial charge in [0, 0.05) is 12.1 Å². The van der Waals surface area contributed by atoms with Gasteiger partial charge in [-0.2, -0.15) is 0 Å². The average Bonchev–Trinajstić information content (AvgIpc) is 2.76. The predicted molar refractivity (Wildman–Crippen MR) is 111 cm³/mol. The van der Waals surface area contributed by atoms with Crippen molar-refractivity contribution in [2.45, 2.75) is 0 Å². The highest BCUT2D eigenvalue weighted by Gasteiger charge is 2.16. The van der Waals surface area contributed by atoms with Crippen LogP contribution in [0, 0.1) is 0 Å². The van der Waals surface area contributed by atoms with Gasteiger partial charge in [-0.3, -0.25) is 9.59 Å². The molecule has 2 amide bonds. The molecule has 0 spiro atoms. The van der Waals surface area contributed by atoms with E-state index < -0.39 is 0 Å². The van der Waals surface area contributed by atoms with E-state index in [0.717, 1.165) is 22.0 Å². The van der Waals surface area contributed by atoms with Gasteiger partial charge in [-0.1, -0.05) is 0 Å². The number of anilines is 2. The predicted octanol–water partition coefficient (Wildman–Crippen LogP) is 3.56. The first-order valence-electron chi connectivity index (χ1n) is 7.89. The lowest BCUT2D eigenvalue weighted by Gasteiger charge is -2.21. The summed E-state index contributed by atoms with van der Waals surface area (Å²) in [6, 6.07) is 10.2. The van der Waals surface area contributed by atoms with Crippen molar-refractivity contribution in [3.05, 3.63) is 36.4 Å². The lowest BCUT2D eigenvalue weighted by molar-refractivity contribution is -0.107. The summed E-state index contributed by atoms with van der Waals surface area (Å²) in [6.45, 7) is 0. The largest absolute Gasteiger partial charge is 0.493 e. The van der Waals surface area contributed by atoms with E-state index >= 15 is 0 Å². The minimum absolute atomic E-state index is 0.490. The highest BCUT2D eigenvalue weighted by molar-refractivity contribution is 8.78. The summed E-state index contributed by atoms with van der Waals surface area (Å²) >= 11 is 0. The van der Waals surface area contributed by atoms with E-state index in [9.17, 15) is 9.59 Å². The SMILES string of the molecule is COc1ccc(N(C=O)SSN(C=O)c2ccc(OC)c(OC)c2)cc1OC. The zero-order chi connectivity index (χ0) is 20.5. The van der Waals surface area contributed by atoms with Crippen LogP contribution < -0.4 is 27.6 Å². The third kappa shape index (κ3) is 4.96. The van der Waals surface area contributed by atoms with Gasteiger partial charge < -0.3 is 18.9 Å². The molecule has 2 rings (SSSR count). The molecule has 10 heteroatoms. The van der Waals surface area contributed by atoms with Gasteiger partial charge in [0.15, 0.2) is 23.0 Å². The van der Waals surface area contributed by atoms with Crippen molar-refractivity contribution in [2.75, 3.05) is 37.0 Å². The Bertz CT molecular complexity index is 753. The molecule has 0 fully saturated rings. The first-order chi connectivity index (χ1) is 13.6. The number of benzene rings is 2. The number of methoxy groups -OCH3 is 4. The van der Waals surface area contributed by atoms with E-state index in [1.54, 1.807) is 36.4 Å². The molecule has 0 heterocycles. The highest BCUT2D eigenvalue weighted by atomic mass is 33.1. The van der Waals surface area contributed by atoms with Gasteiger partial charge in [-0.15, -0.1) is 0 Å². The Morgan fingerprint density at radius 1 is 0.643 bits per heavy atom. The quantitative estimate of drug-likeness (QED) is 0.308. The molecule has 2 aromatic carbocycles. The minimum Gasteiger partial charge on any atom is -0.493 e. The standard InChI is InChI=1S/C18H20N2O6S2/c1-23-15-7-5-13(9-17(15)25-3)19(11-21)27-28-20(12-22)14-6-8-16(24-2)18(10-14)26-4/h5-12H,1-4H3. The third-order valence-electron chi connectivity index (χ3n) is 3.63. The minimum atomic E-state index is 0.490. The first kappa shape index (κ1) is 21.6. The Labute approximate surface area is 171 Å². The number of hydrogen-bond donors (Lipinski definition) is 0. The third-order valence-corrected chi connectivity index (χ3v) is 5.77. The summed E-state index contributed by atoms with van der Waals surface area (Å²) in [5.74, 6) is 2.08. The van der Waals surface area contributed by atoms with E-state index in [1.165, 1.54) is 37.0 Å². The summed E-state index contributed by atoms with van der Waals surface area (Å²) in [7, 11) is 8.23. The van der Waals surface area contributed by atoms with Crippen molar-refractivity contribution in [1.29, 1.82) is 0 Å². The van der Waals surface area contributed by atoms with Crippen LogP contribution in [-0.2, 0) is 9.59 Å². The molecule has 0 bridgehead atoms. The fraction of sp³-hybridized carbons (Fsp3) is 0.222. The molecule has 0 aliphatic rings. The van der Waals surface area contributed by atoms with Crippen molar-refractivity contribution < 1.29 is 28.5 Å². The summed E-state index contributed by atoms with van der Waals surface area (Å²) in [5.41, 5.74) is 1.15. The van der Waals surface area contributed by atoms with Gasteiger partial charge in [0.05, 0.1) is 61.8 Å². The molecule has 0 N–H and O–H groups in total. The molecular formula is C18H20N2O6S2. The molecule has 0 saturated heterocycles. The molecule has 0 aromatic heterocycles. The van der Waals surface area contributed by atoms with Gasteiger partial charge in [0.1, 0.15) is 0 Å². The van der Waals surface area contributed by atoms with Crippen molar-refractivity contribution in [2.24, 2.45) is 0 Å². The molecular weight excluding hydrogens is 404 g/mol. The molecule has 0 atom stereocenters. The summed E-state index contributed by atoms with van der Waals surface area (Å²) < 4.78 is 23.6. The van der Waals surface area contributed by atoms with Crippen LogP contribution in [0.3, 0.4) is 0 Å².